The van der Waals surface area contributed by atoms with Crippen molar-refractivity contribution in [1.82, 2.24) is 5.32 Å². The van der Waals surface area contributed by atoms with Crippen LogP contribution in [0.15, 0.2) is 24.3 Å². The third-order valence-corrected chi connectivity index (χ3v) is 4.33. The zero-order chi connectivity index (χ0) is 17.5. The maximum atomic E-state index is 12.9. The lowest BCUT2D eigenvalue weighted by Crippen LogP contribution is -2.61. The van der Waals surface area contributed by atoms with Gasteiger partial charge in [0.05, 0.1) is 5.56 Å². The molecular formula is C17H23ClF3NO2. The van der Waals surface area contributed by atoms with Gasteiger partial charge in [0.2, 0.25) is 0 Å². The Balaban J connectivity index is 0.00000288. The number of nitrogens with one attached hydrogen (secondary N) is 1. The first kappa shape index (κ1) is 20.9. The van der Waals surface area contributed by atoms with Gasteiger partial charge in [-0.15, -0.1) is 12.4 Å². The van der Waals surface area contributed by atoms with Crippen LogP contribution in [-0.4, -0.2) is 22.5 Å². The summed E-state index contributed by atoms with van der Waals surface area (Å²) in [7, 11) is 0. The summed E-state index contributed by atoms with van der Waals surface area (Å²) < 4.78 is 38.2. The predicted octanol–water partition coefficient (Wildman–Crippen LogP) is 3.82. The van der Waals surface area contributed by atoms with Crippen LogP contribution >= 0.6 is 12.4 Å². The second-order valence-corrected chi connectivity index (χ2v) is 6.74. The number of hydrogen-bond acceptors (Lipinski definition) is 3. The van der Waals surface area contributed by atoms with Gasteiger partial charge in [-0.05, 0) is 57.7 Å². The van der Waals surface area contributed by atoms with Gasteiger partial charge < -0.3 is 5.11 Å². The summed E-state index contributed by atoms with van der Waals surface area (Å²) in [5.74, 6) is -0.385. The Labute approximate surface area is 146 Å². The third-order valence-electron chi connectivity index (χ3n) is 4.33. The largest absolute Gasteiger partial charge is 0.416 e. The number of benzene rings is 1. The van der Waals surface area contributed by atoms with E-state index in [9.17, 15) is 23.1 Å². The lowest BCUT2D eigenvalue weighted by molar-refractivity contribution is -0.149. The molecule has 2 rings (SSSR count). The Morgan fingerprint density at radius 3 is 2.17 bits per heavy atom. The van der Waals surface area contributed by atoms with Crippen molar-refractivity contribution in [1.29, 1.82) is 0 Å². The van der Waals surface area contributed by atoms with E-state index < -0.39 is 22.9 Å². The molecule has 2 atom stereocenters. The summed E-state index contributed by atoms with van der Waals surface area (Å²) in [5, 5.41) is 13.6. The molecule has 0 radical (unpaired) electrons. The van der Waals surface area contributed by atoms with Crippen LogP contribution in [0.2, 0.25) is 0 Å². The zero-order valence-corrected chi connectivity index (χ0v) is 14.7. The van der Waals surface area contributed by atoms with E-state index in [4.69, 9.17) is 0 Å². The van der Waals surface area contributed by atoms with Gasteiger partial charge in [0.15, 0.2) is 5.78 Å². The van der Waals surface area contributed by atoms with Crippen molar-refractivity contribution in [2.24, 2.45) is 0 Å². The first-order valence-corrected chi connectivity index (χ1v) is 7.72. The molecule has 0 heterocycles. The summed E-state index contributed by atoms with van der Waals surface area (Å²) in [5.41, 5.74) is -2.93. The number of rotatable bonds is 3. The number of aliphatic hydroxyl groups is 1. The fourth-order valence-electron chi connectivity index (χ4n) is 3.32. The molecule has 1 aliphatic carbocycles. The zero-order valence-electron chi connectivity index (χ0n) is 13.9. The number of Topliss-reactive ketones (excluding diaryl/α,β-unsaturated/α-hetero) is 1. The maximum absolute atomic E-state index is 12.9. The standard InChI is InChI=1S/C17H22F3NO2.ClH/c1-11(2)21-16(10-4-9-15(3,23)14(16)22)12-5-7-13(8-6-12)17(18,19)20;/h5-8,11,21,23H,4,9-10H2,1-3H3;1H/t15-,16+;/m0./s1. The summed E-state index contributed by atoms with van der Waals surface area (Å²) in [6, 6.07) is 4.57. The maximum Gasteiger partial charge on any atom is 0.416 e. The molecule has 0 saturated heterocycles. The van der Waals surface area contributed by atoms with Crippen LogP contribution in [0.4, 0.5) is 13.2 Å². The van der Waals surface area contributed by atoms with Crippen molar-refractivity contribution in [3.63, 3.8) is 0 Å². The minimum atomic E-state index is -4.42. The topological polar surface area (TPSA) is 49.3 Å². The molecule has 0 bridgehead atoms. The van der Waals surface area contributed by atoms with Gasteiger partial charge in [-0.1, -0.05) is 12.1 Å². The molecule has 2 N–H and O–H groups in total. The fraction of sp³-hybridized carbons (Fsp3) is 0.588. The second-order valence-electron chi connectivity index (χ2n) is 6.74. The van der Waals surface area contributed by atoms with E-state index in [1.54, 1.807) is 0 Å². The summed E-state index contributed by atoms with van der Waals surface area (Å²) in [4.78, 5) is 12.9. The van der Waals surface area contributed by atoms with Crippen LogP contribution in [0.3, 0.4) is 0 Å². The number of alkyl halides is 3. The van der Waals surface area contributed by atoms with E-state index in [-0.39, 0.29) is 24.2 Å². The van der Waals surface area contributed by atoms with Crippen LogP contribution in [0.25, 0.3) is 0 Å². The molecule has 136 valence electrons. The van der Waals surface area contributed by atoms with Gasteiger partial charge in [0.25, 0.3) is 0 Å². The van der Waals surface area contributed by atoms with E-state index in [0.717, 1.165) is 12.1 Å². The van der Waals surface area contributed by atoms with Crippen molar-refractivity contribution < 1.29 is 23.1 Å². The SMILES string of the molecule is CC(C)N[C@@]1(c2ccc(C(F)(F)F)cc2)CCC[C@](C)(O)C1=O.Cl. The number of halogens is 4. The van der Waals surface area contributed by atoms with Gasteiger partial charge in [-0.3, -0.25) is 10.1 Å². The molecule has 3 nitrogen and oxygen atoms in total. The molecule has 1 fully saturated rings. The number of ketones is 1. The van der Waals surface area contributed by atoms with Crippen molar-refractivity contribution in [3.8, 4) is 0 Å². The van der Waals surface area contributed by atoms with Gasteiger partial charge in [0, 0.05) is 6.04 Å². The van der Waals surface area contributed by atoms with Gasteiger partial charge in [-0.25, -0.2) is 0 Å². The third kappa shape index (κ3) is 3.92. The molecule has 0 aromatic heterocycles. The Morgan fingerprint density at radius 1 is 1.17 bits per heavy atom. The van der Waals surface area contributed by atoms with Crippen LogP contribution in [-0.2, 0) is 16.5 Å². The Hall–Kier alpha value is -1.11. The molecule has 0 spiro atoms. The van der Waals surface area contributed by atoms with E-state index in [2.05, 4.69) is 5.32 Å². The molecule has 0 unspecified atom stereocenters. The molecule has 1 aromatic carbocycles. The van der Waals surface area contributed by atoms with Crippen molar-refractivity contribution in [3.05, 3.63) is 35.4 Å². The number of carbonyl (C=O) groups is 1. The van der Waals surface area contributed by atoms with E-state index in [1.165, 1.54) is 19.1 Å². The molecule has 7 heteroatoms. The smallest absolute Gasteiger partial charge is 0.382 e. The highest BCUT2D eigenvalue weighted by Gasteiger charge is 2.51. The molecule has 1 saturated carbocycles. The monoisotopic (exact) mass is 365 g/mol. The Bertz CT molecular complexity index is 584. The van der Waals surface area contributed by atoms with Gasteiger partial charge in [-0.2, -0.15) is 13.2 Å². The van der Waals surface area contributed by atoms with Crippen LogP contribution < -0.4 is 5.32 Å². The van der Waals surface area contributed by atoms with E-state index in [1.807, 2.05) is 13.8 Å². The minimum absolute atomic E-state index is 0. The van der Waals surface area contributed by atoms with Crippen molar-refractivity contribution in [2.45, 2.75) is 63.4 Å². The lowest BCUT2D eigenvalue weighted by atomic mass is 9.68. The van der Waals surface area contributed by atoms with Crippen LogP contribution in [0, 0.1) is 0 Å². The normalized spacial score (nSPS) is 27.9. The van der Waals surface area contributed by atoms with Crippen LogP contribution in [0.5, 0.6) is 0 Å². The van der Waals surface area contributed by atoms with Gasteiger partial charge >= 0.3 is 6.18 Å². The average Bonchev–Trinajstić information content (AvgIpc) is 2.43. The first-order valence-electron chi connectivity index (χ1n) is 7.72. The van der Waals surface area contributed by atoms with E-state index >= 15 is 0 Å². The average molecular weight is 366 g/mol. The minimum Gasteiger partial charge on any atom is -0.382 e. The summed E-state index contributed by atoms with van der Waals surface area (Å²) >= 11 is 0. The van der Waals surface area contributed by atoms with Crippen molar-refractivity contribution >= 4 is 18.2 Å². The molecule has 0 aliphatic heterocycles. The Morgan fingerprint density at radius 2 is 1.71 bits per heavy atom. The molecule has 0 amide bonds. The number of carbonyl (C=O) groups excluding carboxylic acids is 1. The Kier molecular flexibility index (Phi) is 6.12. The van der Waals surface area contributed by atoms with E-state index in [0.29, 0.717) is 24.8 Å². The highest BCUT2D eigenvalue weighted by molar-refractivity contribution is 5.97. The van der Waals surface area contributed by atoms with Crippen molar-refractivity contribution in [2.75, 3.05) is 0 Å². The second kappa shape index (κ2) is 7.02. The molecule has 24 heavy (non-hydrogen) atoms. The molecule has 1 aromatic rings. The fourth-order valence-corrected chi connectivity index (χ4v) is 3.32. The first-order chi connectivity index (χ1) is 10.5. The van der Waals surface area contributed by atoms with Crippen LogP contribution in [0.1, 0.15) is 51.2 Å². The lowest BCUT2D eigenvalue weighted by Gasteiger charge is -2.44. The summed E-state index contributed by atoms with van der Waals surface area (Å²) in [6.45, 7) is 5.19. The summed E-state index contributed by atoms with van der Waals surface area (Å²) in [6.07, 6.45) is -3.00. The molecular weight excluding hydrogens is 343 g/mol. The number of hydrogen-bond donors (Lipinski definition) is 2. The quantitative estimate of drug-likeness (QED) is 0.856. The van der Waals surface area contributed by atoms with Gasteiger partial charge in [0.1, 0.15) is 11.1 Å². The predicted molar refractivity (Wildman–Crippen MR) is 88.1 cm³/mol. The molecule has 1 aliphatic rings. The highest BCUT2D eigenvalue weighted by atomic mass is 35.5. The highest BCUT2D eigenvalue weighted by Crippen LogP contribution is 2.40.